The number of thiophene rings is 2. The van der Waals surface area contributed by atoms with E-state index in [0.29, 0.717) is 24.7 Å². The van der Waals surface area contributed by atoms with Gasteiger partial charge in [-0.25, -0.2) is 9.78 Å². The lowest BCUT2D eigenvalue weighted by atomic mass is 9.84. The van der Waals surface area contributed by atoms with Crippen molar-refractivity contribution in [1.29, 1.82) is 0 Å². The van der Waals surface area contributed by atoms with Gasteiger partial charge in [0.15, 0.2) is 12.6 Å². The molecule has 1 aromatic carbocycles. The van der Waals surface area contributed by atoms with E-state index in [9.17, 15) is 19.9 Å². The van der Waals surface area contributed by atoms with Crippen LogP contribution >= 0.6 is 22.7 Å². The third kappa shape index (κ3) is 10.4. The van der Waals surface area contributed by atoms with Crippen molar-refractivity contribution in [2.75, 3.05) is 32.8 Å². The van der Waals surface area contributed by atoms with Crippen LogP contribution in [0.25, 0.3) is 36.1 Å². The monoisotopic (exact) mass is 848 g/mol. The molecule has 4 heterocycles. The third-order valence-corrected chi connectivity index (χ3v) is 14.6. The van der Waals surface area contributed by atoms with Gasteiger partial charge in [-0.05, 0) is 104 Å². The highest BCUT2D eigenvalue weighted by Gasteiger charge is 2.37. The van der Waals surface area contributed by atoms with Gasteiger partial charge in [0.05, 0.1) is 29.6 Å². The van der Waals surface area contributed by atoms with E-state index < -0.39 is 24.3 Å². The summed E-state index contributed by atoms with van der Waals surface area (Å²) in [5.74, 6) is 0.981. The Morgan fingerprint density at radius 1 is 1.02 bits per heavy atom. The van der Waals surface area contributed by atoms with Crippen LogP contribution in [0.2, 0.25) is 0 Å². The Labute approximate surface area is 357 Å². The second-order valence-electron chi connectivity index (χ2n) is 17.1. The zero-order valence-electron chi connectivity index (χ0n) is 35.9. The summed E-state index contributed by atoms with van der Waals surface area (Å²) in [6.45, 7) is 13.0. The largest absolute Gasteiger partial charge is 0.632 e. The highest BCUT2D eigenvalue weighted by atomic mass is 32.1. The summed E-state index contributed by atoms with van der Waals surface area (Å²) < 4.78 is 11.2. The molecule has 59 heavy (non-hydrogen) atoms. The fraction of sp³-hybridized carbons (Fsp3) is 0.578. The molecule has 0 saturated heterocycles. The van der Waals surface area contributed by atoms with E-state index >= 15 is 0 Å². The summed E-state index contributed by atoms with van der Waals surface area (Å²) in [4.78, 5) is 38.9. The number of methoxy groups -OCH3 is 2. The molecular weight excluding hydrogens is 785 g/mol. The second-order valence-corrected chi connectivity index (χ2v) is 19.2. The minimum Gasteiger partial charge on any atom is -0.632 e. The highest BCUT2D eigenvalue weighted by Crippen LogP contribution is 2.42. The number of benzene rings is 1. The first-order valence-corrected chi connectivity index (χ1v) is 23.0. The van der Waals surface area contributed by atoms with Gasteiger partial charge in [0.25, 0.3) is 0 Å². The fourth-order valence-electron chi connectivity index (χ4n) is 8.99. The SMILES string of the molecule is CCCc1cc2cc(-c3ccc(-c4cnc(C5=CCCN5C(=O)C(NC(=O)OC)C(C)C)[nH]4)s3)sc2cc1NC(C)[C@@H]1CCCC(C(O)C(C(C)C)[NH+]([O-])COC)CC1. The normalized spacial score (nSPS) is 20.0. The molecule has 0 radical (unpaired) electrons. The van der Waals surface area contributed by atoms with Crippen molar-refractivity contribution in [3.8, 4) is 20.3 Å². The lowest BCUT2D eigenvalue weighted by Gasteiger charge is -2.39. The Kier molecular flexibility index (Phi) is 15.3. The Hall–Kier alpha value is -3.79. The average molecular weight is 849 g/mol. The van der Waals surface area contributed by atoms with Gasteiger partial charge >= 0.3 is 6.09 Å². The molecule has 1 saturated carbocycles. The van der Waals surface area contributed by atoms with Gasteiger partial charge < -0.3 is 45.4 Å². The molecule has 0 spiro atoms. The number of imidazole rings is 1. The molecule has 322 valence electrons. The summed E-state index contributed by atoms with van der Waals surface area (Å²) in [5, 5.41) is 32.2. The molecule has 3 aromatic heterocycles. The summed E-state index contributed by atoms with van der Waals surface area (Å²) in [5.41, 5.74) is 4.14. The Bertz CT molecular complexity index is 2060. The number of hydrogen-bond acceptors (Lipinski definition) is 10. The number of fused-ring (bicyclic) bond motifs is 1. The lowest BCUT2D eigenvalue weighted by Crippen LogP contribution is -3.14. The number of carbonyl (C=O) groups is 2. The minimum absolute atomic E-state index is 0.00135. The molecule has 12 nitrogen and oxygen atoms in total. The average Bonchev–Trinajstić information content (AvgIpc) is 4.02. The van der Waals surface area contributed by atoms with Crippen LogP contribution in [0.15, 0.2) is 42.6 Å². The number of quaternary nitrogens is 1. The van der Waals surface area contributed by atoms with E-state index in [1.165, 1.54) is 38.2 Å². The maximum Gasteiger partial charge on any atom is 0.407 e. The predicted molar refractivity (Wildman–Crippen MR) is 239 cm³/mol. The molecule has 6 unspecified atom stereocenters. The van der Waals surface area contributed by atoms with Crippen LogP contribution < -0.4 is 15.7 Å². The van der Waals surface area contributed by atoms with Crippen molar-refractivity contribution in [2.24, 2.45) is 23.7 Å². The van der Waals surface area contributed by atoms with Crippen LogP contribution in [0.5, 0.6) is 0 Å². The number of nitrogens with one attached hydrogen (secondary N) is 4. The number of aliphatic hydroxyl groups is 1. The summed E-state index contributed by atoms with van der Waals surface area (Å²) in [6, 6.07) is 10.5. The quantitative estimate of drug-likeness (QED) is 0.0404. The summed E-state index contributed by atoms with van der Waals surface area (Å²) >= 11 is 3.52. The maximum atomic E-state index is 13.6. The molecule has 1 fully saturated rings. The van der Waals surface area contributed by atoms with Gasteiger partial charge in [0, 0.05) is 45.8 Å². The molecule has 14 heteroatoms. The first kappa shape index (κ1) is 44.8. The number of rotatable bonds is 17. The number of aryl methyl sites for hydroxylation is 1. The van der Waals surface area contributed by atoms with E-state index in [0.717, 1.165) is 61.2 Å². The first-order chi connectivity index (χ1) is 28.3. The van der Waals surface area contributed by atoms with E-state index in [1.54, 1.807) is 23.3 Å². The fourth-order valence-corrected chi connectivity index (χ4v) is 11.1. The Morgan fingerprint density at radius 2 is 1.76 bits per heavy atom. The Morgan fingerprint density at radius 3 is 2.47 bits per heavy atom. The first-order valence-electron chi connectivity index (χ1n) is 21.4. The number of anilines is 1. The molecule has 1 aliphatic carbocycles. The number of aromatic nitrogens is 2. The van der Waals surface area contributed by atoms with Crippen LogP contribution in [0.1, 0.15) is 97.9 Å². The molecule has 2 amide bonds. The van der Waals surface area contributed by atoms with E-state index in [1.807, 2.05) is 51.3 Å². The topological polar surface area (TPSA) is 156 Å². The number of aromatic amines is 1. The molecule has 7 atom stereocenters. The second kappa shape index (κ2) is 20.2. The van der Waals surface area contributed by atoms with E-state index in [-0.39, 0.29) is 41.5 Å². The predicted octanol–water partition coefficient (Wildman–Crippen LogP) is 8.30. The Balaban J connectivity index is 1.14. The minimum atomic E-state index is -0.715. The van der Waals surface area contributed by atoms with Crippen molar-refractivity contribution >= 4 is 56.1 Å². The van der Waals surface area contributed by atoms with Crippen LogP contribution in [0.4, 0.5) is 10.5 Å². The summed E-state index contributed by atoms with van der Waals surface area (Å²) in [7, 11) is 2.84. The zero-order chi connectivity index (χ0) is 42.4. The van der Waals surface area contributed by atoms with Gasteiger partial charge in [-0.1, -0.05) is 53.5 Å². The smallest absolute Gasteiger partial charge is 0.407 e. The zero-order valence-corrected chi connectivity index (χ0v) is 37.6. The van der Waals surface area contributed by atoms with E-state index in [2.05, 4.69) is 64.8 Å². The number of aliphatic hydroxyl groups excluding tert-OH is 1. The van der Waals surface area contributed by atoms with Crippen LogP contribution in [-0.4, -0.2) is 83.7 Å². The van der Waals surface area contributed by atoms with Crippen molar-refractivity contribution in [3.05, 3.63) is 59.2 Å². The molecule has 5 N–H and O–H groups in total. The standard InChI is InChI=1S/C45H64N6O6S2/c1-9-12-31-21-32-22-39(59-38(32)23-33(31)47-28(6)29-13-10-14-30(17-16-29)42(52)41(27(4)5)51(55)25-56-7)37-19-18-36(58-37)34-24-46-43(48-34)35-15-11-20-50(35)44(53)40(26(2)3)49-45(54)57-8/h15,18-19,21-24,26-30,40-42,47,51-52H,9-14,16-17,20,25H2,1-8H3,(H,46,48)(H,49,54)/t28?,29-,30?,40?,41?,42?/m1/s1. The number of alkyl carbamates (subject to hydrolysis) is 1. The van der Waals surface area contributed by atoms with Crippen LogP contribution in [0.3, 0.4) is 0 Å². The molecule has 4 aromatic rings. The van der Waals surface area contributed by atoms with Gasteiger partial charge in [0.2, 0.25) is 5.91 Å². The van der Waals surface area contributed by atoms with Crippen molar-refractivity contribution in [2.45, 2.75) is 117 Å². The van der Waals surface area contributed by atoms with Crippen LogP contribution in [0, 0.1) is 28.9 Å². The van der Waals surface area contributed by atoms with Gasteiger partial charge in [-0.3, -0.25) is 4.79 Å². The molecular formula is C45H64N6O6S2. The van der Waals surface area contributed by atoms with Crippen LogP contribution in [-0.2, 0) is 20.7 Å². The number of hydrogen-bond donors (Lipinski definition) is 5. The number of carbonyl (C=O) groups excluding carboxylic acids is 2. The number of nitrogens with zero attached hydrogens (tertiary/aromatic N) is 2. The number of H-pyrrole nitrogens is 1. The number of ether oxygens (including phenoxy) is 2. The van der Waals surface area contributed by atoms with Crippen molar-refractivity contribution in [1.82, 2.24) is 20.2 Å². The molecule has 6 rings (SSSR count). The molecule has 0 bridgehead atoms. The lowest BCUT2D eigenvalue weighted by molar-refractivity contribution is -0.904. The number of hydroxylamine groups is 2. The number of amides is 2. The highest BCUT2D eigenvalue weighted by molar-refractivity contribution is 7.27. The van der Waals surface area contributed by atoms with Crippen molar-refractivity contribution in [3.63, 3.8) is 0 Å². The summed E-state index contributed by atoms with van der Waals surface area (Å²) in [6.07, 6.45) is 10.4. The third-order valence-electron chi connectivity index (χ3n) is 12.2. The van der Waals surface area contributed by atoms with Crippen molar-refractivity contribution < 1.29 is 29.2 Å². The maximum absolute atomic E-state index is 13.6. The molecule has 2 aliphatic rings. The van der Waals surface area contributed by atoms with Gasteiger partial charge in [0.1, 0.15) is 18.2 Å². The molecule has 1 aliphatic heterocycles. The van der Waals surface area contributed by atoms with Gasteiger partial charge in [-0.15, -0.1) is 22.7 Å². The van der Waals surface area contributed by atoms with E-state index in [4.69, 9.17) is 9.47 Å². The van der Waals surface area contributed by atoms with Gasteiger partial charge in [-0.2, -0.15) is 0 Å².